The number of aliphatic imine (C=N–C) groups is 1. The number of hydrogen-bond donors (Lipinski definition) is 0. The number of nitrogens with zero attached hydrogens (tertiary/aromatic N) is 1. The molecule has 0 bridgehead atoms. The standard InChI is InChI=1S/C20H21Cl2NO4S/c1-2-26-20-10-14(11-23-16-7-8-28(24,25)13-16)4-6-19(20)27-12-15-3-5-17(21)18(22)9-15/h3-6,9-11,16H,2,7-8,12-13H2,1H3. The molecule has 0 radical (unpaired) electrons. The topological polar surface area (TPSA) is 65.0 Å². The third kappa shape index (κ3) is 5.63. The van der Waals surface area contributed by atoms with Crippen LogP contribution in [0.25, 0.3) is 0 Å². The van der Waals surface area contributed by atoms with Gasteiger partial charge in [-0.3, -0.25) is 4.99 Å². The van der Waals surface area contributed by atoms with Crippen molar-refractivity contribution in [2.45, 2.75) is 26.0 Å². The van der Waals surface area contributed by atoms with Crippen LogP contribution >= 0.6 is 23.2 Å². The molecule has 28 heavy (non-hydrogen) atoms. The van der Waals surface area contributed by atoms with E-state index >= 15 is 0 Å². The molecule has 2 aromatic rings. The van der Waals surface area contributed by atoms with E-state index in [0.29, 0.717) is 41.2 Å². The van der Waals surface area contributed by atoms with E-state index in [1.807, 2.05) is 31.2 Å². The van der Waals surface area contributed by atoms with E-state index in [9.17, 15) is 8.42 Å². The Bertz CT molecular complexity index is 976. The number of rotatable bonds is 7. The number of benzene rings is 2. The minimum absolute atomic E-state index is 0.118. The predicted molar refractivity (Wildman–Crippen MR) is 113 cm³/mol. The highest BCUT2D eigenvalue weighted by atomic mass is 35.5. The van der Waals surface area contributed by atoms with Gasteiger partial charge in [-0.1, -0.05) is 29.3 Å². The van der Waals surface area contributed by atoms with Crippen molar-refractivity contribution in [1.82, 2.24) is 0 Å². The molecule has 2 aromatic carbocycles. The summed E-state index contributed by atoms with van der Waals surface area (Å²) < 4.78 is 34.6. The fraction of sp³-hybridized carbons (Fsp3) is 0.350. The summed E-state index contributed by atoms with van der Waals surface area (Å²) in [6.45, 7) is 2.71. The van der Waals surface area contributed by atoms with E-state index in [0.717, 1.165) is 11.1 Å². The largest absolute Gasteiger partial charge is 0.490 e. The predicted octanol–water partition coefficient (Wildman–Crippen LogP) is 4.58. The quantitative estimate of drug-likeness (QED) is 0.589. The van der Waals surface area contributed by atoms with Crippen LogP contribution in [0, 0.1) is 0 Å². The minimum Gasteiger partial charge on any atom is -0.490 e. The van der Waals surface area contributed by atoms with Crippen LogP contribution in [0.15, 0.2) is 41.4 Å². The highest BCUT2D eigenvalue weighted by Gasteiger charge is 2.26. The summed E-state index contributed by atoms with van der Waals surface area (Å²) in [5, 5.41) is 0.979. The first-order chi connectivity index (χ1) is 13.4. The molecule has 5 nitrogen and oxygen atoms in total. The first-order valence-electron chi connectivity index (χ1n) is 8.93. The lowest BCUT2D eigenvalue weighted by Crippen LogP contribution is -2.07. The number of halogens is 2. The molecule has 1 unspecified atom stereocenters. The van der Waals surface area contributed by atoms with Crippen molar-refractivity contribution in [2.75, 3.05) is 18.1 Å². The summed E-state index contributed by atoms with van der Waals surface area (Å²) >= 11 is 12.0. The minimum atomic E-state index is -2.94. The maximum absolute atomic E-state index is 11.5. The molecule has 1 saturated heterocycles. The lowest BCUT2D eigenvalue weighted by molar-refractivity contribution is 0.269. The van der Waals surface area contributed by atoms with Gasteiger partial charge in [0.1, 0.15) is 6.61 Å². The summed E-state index contributed by atoms with van der Waals surface area (Å²) in [6, 6.07) is 10.7. The average molecular weight is 442 g/mol. The van der Waals surface area contributed by atoms with E-state index in [-0.39, 0.29) is 17.5 Å². The molecule has 0 spiro atoms. The molecule has 0 saturated carbocycles. The molecule has 3 rings (SSSR count). The number of ether oxygens (including phenoxy) is 2. The Morgan fingerprint density at radius 3 is 2.61 bits per heavy atom. The van der Waals surface area contributed by atoms with Crippen molar-refractivity contribution in [3.05, 3.63) is 57.6 Å². The molecule has 1 aliphatic rings. The van der Waals surface area contributed by atoms with Crippen molar-refractivity contribution in [2.24, 2.45) is 4.99 Å². The zero-order chi connectivity index (χ0) is 20.1. The maximum atomic E-state index is 11.5. The molecular weight excluding hydrogens is 421 g/mol. The van der Waals surface area contributed by atoms with Gasteiger partial charge in [-0.2, -0.15) is 0 Å². The summed E-state index contributed by atoms with van der Waals surface area (Å²) in [5.74, 6) is 1.53. The van der Waals surface area contributed by atoms with Gasteiger partial charge in [-0.15, -0.1) is 0 Å². The van der Waals surface area contributed by atoms with Gasteiger partial charge in [0, 0.05) is 6.21 Å². The van der Waals surface area contributed by atoms with Gasteiger partial charge in [-0.25, -0.2) is 8.42 Å². The van der Waals surface area contributed by atoms with Crippen LogP contribution in [0.5, 0.6) is 11.5 Å². The number of hydrogen-bond acceptors (Lipinski definition) is 5. The van der Waals surface area contributed by atoms with E-state index in [1.165, 1.54) is 0 Å². The Morgan fingerprint density at radius 2 is 1.93 bits per heavy atom. The molecule has 0 N–H and O–H groups in total. The monoisotopic (exact) mass is 441 g/mol. The van der Waals surface area contributed by atoms with Gasteiger partial charge >= 0.3 is 0 Å². The third-order valence-electron chi connectivity index (χ3n) is 4.29. The smallest absolute Gasteiger partial charge is 0.161 e. The summed E-state index contributed by atoms with van der Waals surface area (Å²) in [7, 11) is -2.94. The zero-order valence-corrected chi connectivity index (χ0v) is 17.7. The molecule has 8 heteroatoms. The Balaban J connectivity index is 1.70. The first kappa shape index (κ1) is 21.0. The maximum Gasteiger partial charge on any atom is 0.161 e. The van der Waals surface area contributed by atoms with E-state index in [1.54, 1.807) is 18.3 Å². The molecule has 1 fully saturated rings. The second-order valence-corrected chi connectivity index (χ2v) is 9.55. The molecule has 0 amide bonds. The summed E-state index contributed by atoms with van der Waals surface area (Å²) in [6.07, 6.45) is 2.26. The first-order valence-corrected chi connectivity index (χ1v) is 11.5. The van der Waals surface area contributed by atoms with Crippen LogP contribution < -0.4 is 9.47 Å². The Morgan fingerprint density at radius 1 is 1.11 bits per heavy atom. The fourth-order valence-electron chi connectivity index (χ4n) is 2.87. The second-order valence-electron chi connectivity index (χ2n) is 6.51. The summed E-state index contributed by atoms with van der Waals surface area (Å²) in [5.41, 5.74) is 1.72. The summed E-state index contributed by atoms with van der Waals surface area (Å²) in [4.78, 5) is 4.40. The Hall–Kier alpha value is -1.76. The van der Waals surface area contributed by atoms with Gasteiger partial charge in [0.25, 0.3) is 0 Å². The van der Waals surface area contributed by atoms with Crippen molar-refractivity contribution in [1.29, 1.82) is 0 Å². The van der Waals surface area contributed by atoms with Crippen LogP contribution in [0.1, 0.15) is 24.5 Å². The fourth-order valence-corrected chi connectivity index (χ4v) is 4.82. The van der Waals surface area contributed by atoms with Gasteiger partial charge in [0.15, 0.2) is 21.3 Å². The Labute approximate surface area is 175 Å². The van der Waals surface area contributed by atoms with Crippen molar-refractivity contribution >= 4 is 39.3 Å². The van der Waals surface area contributed by atoms with Crippen LogP contribution in [-0.2, 0) is 16.4 Å². The van der Waals surface area contributed by atoms with Crippen molar-refractivity contribution in [3.63, 3.8) is 0 Å². The van der Waals surface area contributed by atoms with Crippen LogP contribution in [0.3, 0.4) is 0 Å². The second kappa shape index (κ2) is 9.16. The van der Waals surface area contributed by atoms with Crippen molar-refractivity contribution < 1.29 is 17.9 Å². The zero-order valence-electron chi connectivity index (χ0n) is 15.4. The van der Waals surface area contributed by atoms with Crippen LogP contribution in [0.2, 0.25) is 10.0 Å². The van der Waals surface area contributed by atoms with Gasteiger partial charge in [0.2, 0.25) is 0 Å². The van der Waals surface area contributed by atoms with E-state index in [4.69, 9.17) is 32.7 Å². The van der Waals surface area contributed by atoms with Crippen LogP contribution in [-0.4, -0.2) is 38.8 Å². The van der Waals surface area contributed by atoms with Crippen molar-refractivity contribution in [3.8, 4) is 11.5 Å². The number of sulfone groups is 1. The lowest BCUT2D eigenvalue weighted by Gasteiger charge is -2.13. The average Bonchev–Trinajstić information content (AvgIpc) is 3.01. The molecule has 1 atom stereocenters. The molecule has 1 heterocycles. The lowest BCUT2D eigenvalue weighted by atomic mass is 10.2. The Kier molecular flexibility index (Phi) is 6.86. The highest BCUT2D eigenvalue weighted by Crippen LogP contribution is 2.30. The molecule has 0 aromatic heterocycles. The van der Waals surface area contributed by atoms with E-state index < -0.39 is 9.84 Å². The van der Waals surface area contributed by atoms with Crippen LogP contribution in [0.4, 0.5) is 0 Å². The molecule has 1 aliphatic heterocycles. The highest BCUT2D eigenvalue weighted by molar-refractivity contribution is 7.91. The normalized spacial score (nSPS) is 18.5. The van der Waals surface area contributed by atoms with Gasteiger partial charge in [0.05, 0.1) is 34.2 Å². The van der Waals surface area contributed by atoms with Gasteiger partial charge in [-0.05, 0) is 54.8 Å². The molecular formula is C20H21Cl2NO4S. The molecule has 0 aliphatic carbocycles. The molecule has 150 valence electrons. The SMILES string of the molecule is CCOc1cc(C=NC2CCS(=O)(=O)C2)ccc1OCc1ccc(Cl)c(Cl)c1. The third-order valence-corrected chi connectivity index (χ3v) is 6.78. The van der Waals surface area contributed by atoms with Gasteiger partial charge < -0.3 is 9.47 Å². The van der Waals surface area contributed by atoms with E-state index in [2.05, 4.69) is 4.99 Å².